The predicted octanol–water partition coefficient (Wildman–Crippen LogP) is 1.97. The van der Waals surface area contributed by atoms with E-state index in [2.05, 4.69) is 34.3 Å². The number of rotatable bonds is 4. The van der Waals surface area contributed by atoms with Gasteiger partial charge in [0.15, 0.2) is 0 Å². The number of carbonyl (C=O) groups excluding carboxylic acids is 1. The first-order chi connectivity index (χ1) is 9.06. The third kappa shape index (κ3) is 3.47. The van der Waals surface area contributed by atoms with E-state index in [4.69, 9.17) is 5.73 Å². The Morgan fingerprint density at radius 1 is 1.47 bits per heavy atom. The molecule has 6 nitrogen and oxygen atoms in total. The molecule has 0 bridgehead atoms. The number of hydrogen-bond donors (Lipinski definition) is 2. The van der Waals surface area contributed by atoms with E-state index < -0.39 is 0 Å². The Bertz CT molecular complexity index is 581. The zero-order valence-corrected chi connectivity index (χ0v) is 11.6. The molecule has 3 N–H and O–H groups in total. The molecule has 0 aromatic carbocycles. The molecule has 0 aliphatic heterocycles. The summed E-state index contributed by atoms with van der Waals surface area (Å²) in [6.45, 7) is 4.21. The van der Waals surface area contributed by atoms with Gasteiger partial charge in [-0.2, -0.15) is 0 Å². The van der Waals surface area contributed by atoms with Crippen molar-refractivity contribution in [1.82, 2.24) is 15.2 Å². The molecule has 19 heavy (non-hydrogen) atoms. The smallest absolute Gasteiger partial charge is 0.261 e. The third-order valence-electron chi connectivity index (χ3n) is 2.37. The van der Waals surface area contributed by atoms with Gasteiger partial charge in [0.1, 0.15) is 5.01 Å². The van der Waals surface area contributed by atoms with Gasteiger partial charge in [-0.25, -0.2) is 0 Å². The first-order valence-electron chi connectivity index (χ1n) is 5.89. The monoisotopic (exact) mass is 277 g/mol. The van der Waals surface area contributed by atoms with Crippen molar-refractivity contribution in [1.29, 1.82) is 0 Å². The molecule has 0 aliphatic rings. The van der Waals surface area contributed by atoms with E-state index in [1.807, 2.05) is 0 Å². The van der Waals surface area contributed by atoms with Crippen LogP contribution < -0.4 is 11.1 Å². The fourth-order valence-corrected chi connectivity index (χ4v) is 2.44. The van der Waals surface area contributed by atoms with Gasteiger partial charge in [0, 0.05) is 24.5 Å². The van der Waals surface area contributed by atoms with Gasteiger partial charge in [0.2, 0.25) is 5.13 Å². The van der Waals surface area contributed by atoms with Gasteiger partial charge >= 0.3 is 0 Å². The molecule has 2 rings (SSSR count). The topological polar surface area (TPSA) is 93.8 Å². The molecule has 0 spiro atoms. The van der Waals surface area contributed by atoms with Gasteiger partial charge in [-0.1, -0.05) is 25.2 Å². The molecule has 2 heterocycles. The van der Waals surface area contributed by atoms with Gasteiger partial charge in [-0.3, -0.25) is 15.1 Å². The van der Waals surface area contributed by atoms with E-state index in [1.165, 1.54) is 23.7 Å². The van der Waals surface area contributed by atoms with E-state index in [-0.39, 0.29) is 5.91 Å². The van der Waals surface area contributed by atoms with Crippen LogP contribution in [0, 0.1) is 5.92 Å². The molecule has 0 atom stereocenters. The predicted molar refractivity (Wildman–Crippen MR) is 75.1 cm³/mol. The quantitative estimate of drug-likeness (QED) is 0.891. The van der Waals surface area contributed by atoms with Gasteiger partial charge in [-0.05, 0) is 12.0 Å². The van der Waals surface area contributed by atoms with Crippen LogP contribution in [-0.4, -0.2) is 21.1 Å². The molecule has 0 aliphatic carbocycles. The Kier molecular flexibility index (Phi) is 4.06. The van der Waals surface area contributed by atoms with Crippen LogP contribution in [0.1, 0.15) is 29.2 Å². The number of nitrogens with zero attached hydrogens (tertiary/aromatic N) is 3. The Labute approximate surface area is 115 Å². The van der Waals surface area contributed by atoms with Gasteiger partial charge in [0.05, 0.1) is 5.56 Å². The Morgan fingerprint density at radius 2 is 2.26 bits per heavy atom. The van der Waals surface area contributed by atoms with Crippen molar-refractivity contribution in [2.45, 2.75) is 20.3 Å². The van der Waals surface area contributed by atoms with Crippen molar-refractivity contribution in [3.8, 4) is 0 Å². The fourth-order valence-electron chi connectivity index (χ4n) is 1.50. The van der Waals surface area contributed by atoms with Crippen molar-refractivity contribution < 1.29 is 4.79 Å². The molecule has 0 saturated carbocycles. The summed E-state index contributed by atoms with van der Waals surface area (Å²) in [6.07, 6.45) is 3.82. The fraction of sp³-hybridized carbons (Fsp3) is 0.333. The number of nitrogens with one attached hydrogen (secondary N) is 1. The zero-order valence-electron chi connectivity index (χ0n) is 10.8. The molecule has 2 aromatic heterocycles. The summed E-state index contributed by atoms with van der Waals surface area (Å²) in [4.78, 5) is 15.9. The highest BCUT2D eigenvalue weighted by molar-refractivity contribution is 7.15. The molecule has 100 valence electrons. The molecular weight excluding hydrogens is 262 g/mol. The molecule has 0 unspecified atom stereocenters. The number of aromatic nitrogens is 3. The van der Waals surface area contributed by atoms with Crippen molar-refractivity contribution in [2.75, 3.05) is 11.1 Å². The summed E-state index contributed by atoms with van der Waals surface area (Å²) in [6, 6.07) is 1.58. The summed E-state index contributed by atoms with van der Waals surface area (Å²) in [7, 11) is 0. The number of pyridine rings is 1. The van der Waals surface area contributed by atoms with Gasteiger partial charge in [0.25, 0.3) is 5.91 Å². The van der Waals surface area contributed by atoms with Crippen LogP contribution in [-0.2, 0) is 6.42 Å². The van der Waals surface area contributed by atoms with Crippen LogP contribution in [0.2, 0.25) is 0 Å². The molecule has 7 heteroatoms. The van der Waals surface area contributed by atoms with Crippen molar-refractivity contribution >= 4 is 28.1 Å². The van der Waals surface area contributed by atoms with Crippen LogP contribution >= 0.6 is 11.3 Å². The number of nitrogen functional groups attached to an aromatic ring is 1. The van der Waals surface area contributed by atoms with Crippen LogP contribution in [0.4, 0.5) is 10.8 Å². The highest BCUT2D eigenvalue weighted by atomic mass is 32.1. The Morgan fingerprint density at radius 3 is 2.95 bits per heavy atom. The van der Waals surface area contributed by atoms with Crippen LogP contribution in [0.3, 0.4) is 0 Å². The second-order valence-corrected chi connectivity index (χ2v) is 5.58. The minimum atomic E-state index is -0.321. The number of carbonyl (C=O) groups is 1. The Balaban J connectivity index is 2.07. The lowest BCUT2D eigenvalue weighted by Crippen LogP contribution is -2.14. The third-order valence-corrected chi connectivity index (χ3v) is 3.23. The number of amides is 1. The van der Waals surface area contributed by atoms with Crippen molar-refractivity contribution in [3.05, 3.63) is 29.0 Å². The largest absolute Gasteiger partial charge is 0.398 e. The van der Waals surface area contributed by atoms with Crippen molar-refractivity contribution in [2.24, 2.45) is 5.92 Å². The summed E-state index contributed by atoms with van der Waals surface area (Å²) < 4.78 is 0. The first kappa shape index (κ1) is 13.4. The first-order valence-corrected chi connectivity index (χ1v) is 6.71. The number of anilines is 2. The maximum Gasteiger partial charge on any atom is 0.261 e. The van der Waals surface area contributed by atoms with Crippen LogP contribution in [0.15, 0.2) is 18.5 Å². The van der Waals surface area contributed by atoms with E-state index in [9.17, 15) is 4.79 Å². The normalized spacial score (nSPS) is 10.7. The highest BCUT2D eigenvalue weighted by Gasteiger charge is 2.13. The summed E-state index contributed by atoms with van der Waals surface area (Å²) in [5, 5.41) is 12.0. The highest BCUT2D eigenvalue weighted by Crippen LogP contribution is 2.19. The minimum Gasteiger partial charge on any atom is -0.398 e. The summed E-state index contributed by atoms with van der Waals surface area (Å²) in [5.74, 6) is 0.184. The standard InChI is InChI=1S/C12H15N5OS/c1-7(2)5-10-16-17-12(19-10)15-11(18)8-6-14-4-3-9(8)13/h3-4,6-7H,5H2,1-2H3,(H2,13,14)(H,15,17,18). The van der Waals surface area contributed by atoms with E-state index >= 15 is 0 Å². The van der Waals surface area contributed by atoms with E-state index in [0.717, 1.165) is 11.4 Å². The summed E-state index contributed by atoms with van der Waals surface area (Å²) >= 11 is 1.37. The maximum absolute atomic E-state index is 12.0. The second-order valence-electron chi connectivity index (χ2n) is 4.52. The van der Waals surface area contributed by atoms with Crippen LogP contribution in [0.25, 0.3) is 0 Å². The average molecular weight is 277 g/mol. The maximum atomic E-state index is 12.0. The second kappa shape index (κ2) is 5.75. The lowest BCUT2D eigenvalue weighted by molar-refractivity contribution is 0.102. The minimum absolute atomic E-state index is 0.321. The zero-order chi connectivity index (χ0) is 13.8. The summed E-state index contributed by atoms with van der Waals surface area (Å²) in [5.41, 5.74) is 6.44. The lowest BCUT2D eigenvalue weighted by Gasteiger charge is -2.03. The van der Waals surface area contributed by atoms with Gasteiger partial charge < -0.3 is 5.73 Å². The Hall–Kier alpha value is -2.02. The number of hydrogen-bond acceptors (Lipinski definition) is 6. The van der Waals surface area contributed by atoms with Crippen molar-refractivity contribution in [3.63, 3.8) is 0 Å². The molecular formula is C12H15N5OS. The van der Waals surface area contributed by atoms with E-state index in [0.29, 0.717) is 22.3 Å². The molecule has 0 saturated heterocycles. The average Bonchev–Trinajstić information content (AvgIpc) is 2.76. The molecule has 1 amide bonds. The molecule has 2 aromatic rings. The SMILES string of the molecule is CC(C)Cc1nnc(NC(=O)c2cnccc2N)s1. The molecule has 0 fully saturated rings. The number of nitrogens with two attached hydrogens (primary N) is 1. The van der Waals surface area contributed by atoms with Crippen LogP contribution in [0.5, 0.6) is 0 Å². The van der Waals surface area contributed by atoms with E-state index in [1.54, 1.807) is 6.07 Å². The molecule has 0 radical (unpaired) electrons. The van der Waals surface area contributed by atoms with Gasteiger partial charge in [-0.15, -0.1) is 10.2 Å². The lowest BCUT2D eigenvalue weighted by atomic mass is 10.1.